The fraction of sp³-hybridized carbons (Fsp3) is 0.222. The van der Waals surface area contributed by atoms with Crippen molar-refractivity contribution in [1.29, 1.82) is 0 Å². The Kier molecular flexibility index (Phi) is 4.43. The van der Waals surface area contributed by atoms with Crippen LogP contribution in [0, 0.1) is 6.92 Å². The first-order chi connectivity index (χ1) is 10.2. The van der Waals surface area contributed by atoms with Gasteiger partial charge in [-0.3, -0.25) is 0 Å². The minimum Gasteiger partial charge on any atom is -0.306 e. The fourth-order valence-electron chi connectivity index (χ4n) is 2.64. The normalized spacial score (nSPS) is 12.7. The van der Waals surface area contributed by atoms with Gasteiger partial charge >= 0.3 is 0 Å². The van der Waals surface area contributed by atoms with E-state index in [0.29, 0.717) is 0 Å². The van der Waals surface area contributed by atoms with Gasteiger partial charge in [0.05, 0.1) is 6.04 Å². The van der Waals surface area contributed by atoms with Gasteiger partial charge in [0.15, 0.2) is 0 Å². The van der Waals surface area contributed by atoms with Crippen molar-refractivity contribution < 1.29 is 0 Å². The number of hydrogen-bond acceptors (Lipinski definition) is 2. The molecule has 108 valence electrons. The molecule has 3 aromatic rings. The first-order valence-corrected chi connectivity index (χ1v) is 8.83. The smallest absolute Gasteiger partial charge is 0.0591 e. The SMILES string of the molecule is CCNC(c1ccc(C)cc1)c1csc2c(Br)cccc12. The molecule has 0 aliphatic rings. The molecule has 0 fully saturated rings. The van der Waals surface area contributed by atoms with Crippen LogP contribution in [-0.4, -0.2) is 6.54 Å². The molecule has 0 spiro atoms. The quantitative estimate of drug-likeness (QED) is 0.632. The standard InChI is InChI=1S/C18H18BrNS/c1-3-20-17(13-9-7-12(2)8-10-13)15-11-21-18-14(15)5-4-6-16(18)19/h4-11,17,20H,3H2,1-2H3. The van der Waals surface area contributed by atoms with Crippen molar-refractivity contribution in [2.24, 2.45) is 0 Å². The molecule has 0 saturated heterocycles. The lowest BCUT2D eigenvalue weighted by molar-refractivity contribution is 0.635. The molecule has 21 heavy (non-hydrogen) atoms. The Labute approximate surface area is 138 Å². The van der Waals surface area contributed by atoms with Gasteiger partial charge in [-0.25, -0.2) is 0 Å². The first kappa shape index (κ1) is 14.8. The van der Waals surface area contributed by atoms with Crippen molar-refractivity contribution in [2.75, 3.05) is 6.54 Å². The number of hydrogen-bond donors (Lipinski definition) is 1. The zero-order valence-electron chi connectivity index (χ0n) is 12.2. The van der Waals surface area contributed by atoms with Crippen LogP contribution in [0.5, 0.6) is 0 Å². The highest BCUT2D eigenvalue weighted by Crippen LogP contribution is 2.37. The maximum absolute atomic E-state index is 3.65. The van der Waals surface area contributed by atoms with Crippen LogP contribution >= 0.6 is 27.3 Å². The van der Waals surface area contributed by atoms with Crippen LogP contribution < -0.4 is 5.32 Å². The van der Waals surface area contributed by atoms with Crippen molar-refractivity contribution in [1.82, 2.24) is 5.32 Å². The van der Waals surface area contributed by atoms with E-state index in [-0.39, 0.29) is 6.04 Å². The zero-order valence-corrected chi connectivity index (χ0v) is 14.6. The van der Waals surface area contributed by atoms with Crippen molar-refractivity contribution in [3.05, 3.63) is 69.0 Å². The number of fused-ring (bicyclic) bond motifs is 1. The Hall–Kier alpha value is -1.16. The summed E-state index contributed by atoms with van der Waals surface area (Å²) in [6.07, 6.45) is 0. The topological polar surface area (TPSA) is 12.0 Å². The average molecular weight is 360 g/mol. The van der Waals surface area contributed by atoms with E-state index in [1.807, 2.05) is 0 Å². The van der Waals surface area contributed by atoms with E-state index < -0.39 is 0 Å². The predicted octanol–water partition coefficient (Wildman–Crippen LogP) is 5.67. The third-order valence-electron chi connectivity index (χ3n) is 3.71. The lowest BCUT2D eigenvalue weighted by Crippen LogP contribution is -2.21. The molecular formula is C18H18BrNS. The number of aryl methyl sites for hydroxylation is 1. The highest BCUT2D eigenvalue weighted by molar-refractivity contribution is 9.10. The van der Waals surface area contributed by atoms with E-state index in [1.54, 1.807) is 11.3 Å². The number of rotatable bonds is 4. The molecule has 2 aromatic carbocycles. The van der Waals surface area contributed by atoms with Crippen LogP contribution in [0.2, 0.25) is 0 Å². The lowest BCUT2D eigenvalue weighted by atomic mass is 9.97. The summed E-state index contributed by atoms with van der Waals surface area (Å²) in [7, 11) is 0. The van der Waals surface area contributed by atoms with Gasteiger partial charge in [0.25, 0.3) is 0 Å². The minimum absolute atomic E-state index is 0.249. The number of halogens is 1. The van der Waals surface area contributed by atoms with E-state index in [2.05, 4.69) is 82.9 Å². The monoisotopic (exact) mass is 359 g/mol. The van der Waals surface area contributed by atoms with Crippen molar-refractivity contribution in [3.63, 3.8) is 0 Å². The summed E-state index contributed by atoms with van der Waals surface area (Å²) in [6.45, 7) is 5.23. The van der Waals surface area contributed by atoms with Crippen LogP contribution in [0.4, 0.5) is 0 Å². The molecular weight excluding hydrogens is 342 g/mol. The maximum atomic E-state index is 3.65. The molecule has 1 heterocycles. The van der Waals surface area contributed by atoms with Crippen molar-refractivity contribution in [2.45, 2.75) is 19.9 Å². The largest absolute Gasteiger partial charge is 0.306 e. The number of benzene rings is 2. The second-order valence-corrected chi connectivity index (χ2v) is 6.94. The van der Waals surface area contributed by atoms with E-state index in [0.717, 1.165) is 6.54 Å². The molecule has 1 N–H and O–H groups in total. The fourth-order valence-corrected chi connectivity index (χ4v) is 4.28. The van der Waals surface area contributed by atoms with E-state index >= 15 is 0 Å². The number of thiophene rings is 1. The summed E-state index contributed by atoms with van der Waals surface area (Å²) in [5, 5.41) is 7.24. The van der Waals surface area contributed by atoms with Gasteiger partial charge in [0.2, 0.25) is 0 Å². The third-order valence-corrected chi connectivity index (χ3v) is 5.68. The van der Waals surface area contributed by atoms with Crippen LogP contribution in [0.3, 0.4) is 0 Å². The molecule has 0 radical (unpaired) electrons. The molecule has 1 unspecified atom stereocenters. The summed E-state index contributed by atoms with van der Waals surface area (Å²) in [5.41, 5.74) is 3.98. The van der Waals surface area contributed by atoms with Gasteiger partial charge in [-0.2, -0.15) is 0 Å². The molecule has 0 saturated carbocycles. The van der Waals surface area contributed by atoms with Crippen LogP contribution in [-0.2, 0) is 0 Å². The molecule has 1 atom stereocenters. The summed E-state index contributed by atoms with van der Waals surface area (Å²) in [5.74, 6) is 0. The Morgan fingerprint density at radius 3 is 2.62 bits per heavy atom. The predicted molar refractivity (Wildman–Crippen MR) is 96.2 cm³/mol. The van der Waals surface area contributed by atoms with Gasteiger partial charge in [-0.1, -0.05) is 48.9 Å². The van der Waals surface area contributed by atoms with Crippen LogP contribution in [0.15, 0.2) is 52.3 Å². The van der Waals surface area contributed by atoms with Gasteiger partial charge < -0.3 is 5.32 Å². The van der Waals surface area contributed by atoms with Gasteiger partial charge in [0, 0.05) is 9.17 Å². The van der Waals surface area contributed by atoms with Gasteiger partial charge in [0.1, 0.15) is 0 Å². The molecule has 1 aromatic heterocycles. The second kappa shape index (κ2) is 6.30. The molecule has 3 rings (SSSR count). The third kappa shape index (κ3) is 2.91. The Balaban J connectivity index is 2.11. The van der Waals surface area contributed by atoms with Crippen LogP contribution in [0.1, 0.15) is 29.7 Å². The zero-order chi connectivity index (χ0) is 14.8. The molecule has 0 bridgehead atoms. The van der Waals surface area contributed by atoms with E-state index in [9.17, 15) is 0 Å². The molecule has 0 aliphatic carbocycles. The summed E-state index contributed by atoms with van der Waals surface area (Å²) in [6, 6.07) is 15.5. The summed E-state index contributed by atoms with van der Waals surface area (Å²) < 4.78 is 2.50. The second-order valence-electron chi connectivity index (χ2n) is 5.21. The highest BCUT2D eigenvalue weighted by Gasteiger charge is 2.17. The average Bonchev–Trinajstić information content (AvgIpc) is 2.91. The highest BCUT2D eigenvalue weighted by atomic mass is 79.9. The Morgan fingerprint density at radius 1 is 1.14 bits per heavy atom. The van der Waals surface area contributed by atoms with Crippen molar-refractivity contribution >= 4 is 37.4 Å². The molecule has 3 heteroatoms. The maximum Gasteiger partial charge on any atom is 0.0591 e. The van der Waals surface area contributed by atoms with Crippen molar-refractivity contribution in [3.8, 4) is 0 Å². The molecule has 0 aliphatic heterocycles. The van der Waals surface area contributed by atoms with Gasteiger partial charge in [-0.05, 0) is 57.4 Å². The number of nitrogens with one attached hydrogen (secondary N) is 1. The Morgan fingerprint density at radius 2 is 1.90 bits per heavy atom. The van der Waals surface area contributed by atoms with Crippen LogP contribution in [0.25, 0.3) is 10.1 Å². The molecule has 1 nitrogen and oxygen atoms in total. The van der Waals surface area contributed by atoms with E-state index in [4.69, 9.17) is 0 Å². The Bertz CT molecular complexity index is 746. The first-order valence-electron chi connectivity index (χ1n) is 7.16. The van der Waals surface area contributed by atoms with Gasteiger partial charge in [-0.15, -0.1) is 11.3 Å². The minimum atomic E-state index is 0.249. The lowest BCUT2D eigenvalue weighted by Gasteiger charge is -2.18. The summed E-state index contributed by atoms with van der Waals surface area (Å²) >= 11 is 5.46. The van der Waals surface area contributed by atoms with E-state index in [1.165, 1.54) is 31.2 Å². The molecule has 0 amide bonds. The summed E-state index contributed by atoms with van der Waals surface area (Å²) in [4.78, 5) is 0.